The van der Waals surface area contributed by atoms with Crippen molar-refractivity contribution in [1.29, 1.82) is 0 Å². The summed E-state index contributed by atoms with van der Waals surface area (Å²) in [4.78, 5) is 37.8. The lowest BCUT2D eigenvalue weighted by Crippen LogP contribution is -2.26. The van der Waals surface area contributed by atoms with Crippen molar-refractivity contribution in [2.75, 3.05) is 39.7 Å². The van der Waals surface area contributed by atoms with Crippen molar-refractivity contribution in [2.24, 2.45) is 0 Å². The van der Waals surface area contributed by atoms with Gasteiger partial charge in [-0.1, -0.05) is 42.8 Å². The molecule has 1 unspecified atom stereocenters. The molecule has 3 aromatic carbocycles. The predicted octanol–water partition coefficient (Wildman–Crippen LogP) is 5.19. The lowest BCUT2D eigenvalue weighted by molar-refractivity contribution is -0.121. The van der Waals surface area contributed by atoms with Crippen LogP contribution in [0.3, 0.4) is 0 Å². The largest absolute Gasteiger partial charge is 0.493 e. The van der Waals surface area contributed by atoms with Gasteiger partial charge in [-0.15, -0.1) is 0 Å². The SMILES string of the molecule is COc1cc2c(c(OC)c1OC)-c1ccc(NCCCCCC(=O)NCCc3ccccc3)c(=O)cc1C(NC(C)=O)CC2. The first-order valence-corrected chi connectivity index (χ1v) is 15.2. The van der Waals surface area contributed by atoms with Crippen LogP contribution in [0, 0.1) is 0 Å². The third-order valence-electron chi connectivity index (χ3n) is 7.89. The summed E-state index contributed by atoms with van der Waals surface area (Å²) in [6.07, 6.45) is 4.99. The van der Waals surface area contributed by atoms with Gasteiger partial charge in [-0.3, -0.25) is 14.4 Å². The molecule has 0 fully saturated rings. The fourth-order valence-corrected chi connectivity index (χ4v) is 5.74. The zero-order valence-electron chi connectivity index (χ0n) is 26.1. The minimum absolute atomic E-state index is 0.0611. The van der Waals surface area contributed by atoms with Gasteiger partial charge in [0.05, 0.1) is 33.1 Å². The summed E-state index contributed by atoms with van der Waals surface area (Å²) in [5.41, 5.74) is 4.82. The van der Waals surface area contributed by atoms with Crippen LogP contribution >= 0.6 is 0 Å². The average molecular weight is 602 g/mol. The maximum Gasteiger partial charge on any atom is 0.220 e. The number of carbonyl (C=O) groups excluding carboxylic acids is 2. The number of aryl methyl sites for hydroxylation is 1. The molecule has 0 spiro atoms. The number of rotatable bonds is 14. The highest BCUT2D eigenvalue weighted by atomic mass is 16.5. The van der Waals surface area contributed by atoms with E-state index in [9.17, 15) is 14.4 Å². The summed E-state index contributed by atoms with van der Waals surface area (Å²) in [5.74, 6) is 1.43. The van der Waals surface area contributed by atoms with Gasteiger partial charge in [0.15, 0.2) is 11.5 Å². The molecule has 0 aromatic heterocycles. The number of fused-ring (bicyclic) bond motifs is 3. The van der Waals surface area contributed by atoms with Gasteiger partial charge in [-0.25, -0.2) is 0 Å². The van der Waals surface area contributed by atoms with Crippen molar-refractivity contribution in [3.8, 4) is 28.4 Å². The van der Waals surface area contributed by atoms with Crippen molar-refractivity contribution < 1.29 is 23.8 Å². The molecule has 9 heteroatoms. The third-order valence-corrected chi connectivity index (χ3v) is 7.89. The molecule has 0 saturated carbocycles. The monoisotopic (exact) mass is 601 g/mol. The van der Waals surface area contributed by atoms with Gasteiger partial charge in [0.1, 0.15) is 0 Å². The average Bonchev–Trinajstić information content (AvgIpc) is 3.26. The van der Waals surface area contributed by atoms with Crippen molar-refractivity contribution in [3.05, 3.63) is 81.5 Å². The van der Waals surface area contributed by atoms with E-state index in [0.717, 1.165) is 47.9 Å². The Hall–Kier alpha value is -4.53. The molecule has 0 heterocycles. The lowest BCUT2D eigenvalue weighted by atomic mass is 9.95. The van der Waals surface area contributed by atoms with E-state index in [0.29, 0.717) is 55.3 Å². The highest BCUT2D eigenvalue weighted by molar-refractivity contribution is 5.83. The van der Waals surface area contributed by atoms with Crippen molar-refractivity contribution in [1.82, 2.24) is 10.6 Å². The summed E-state index contributed by atoms with van der Waals surface area (Å²) in [6, 6.07) is 17.0. The zero-order chi connectivity index (χ0) is 31.5. The second kappa shape index (κ2) is 15.8. The number of ether oxygens (including phenoxy) is 3. The summed E-state index contributed by atoms with van der Waals surface area (Å²) >= 11 is 0. The molecule has 0 aliphatic heterocycles. The summed E-state index contributed by atoms with van der Waals surface area (Å²) in [6.45, 7) is 2.71. The number of hydrogen-bond donors (Lipinski definition) is 3. The van der Waals surface area contributed by atoms with Crippen molar-refractivity contribution >= 4 is 17.5 Å². The number of carbonyl (C=O) groups is 2. The first-order chi connectivity index (χ1) is 21.4. The minimum atomic E-state index is -0.358. The fourth-order valence-electron chi connectivity index (χ4n) is 5.74. The van der Waals surface area contributed by atoms with E-state index in [-0.39, 0.29) is 23.3 Å². The second-order valence-corrected chi connectivity index (χ2v) is 10.9. The van der Waals surface area contributed by atoms with Crippen LogP contribution in [-0.4, -0.2) is 46.2 Å². The predicted molar refractivity (Wildman–Crippen MR) is 173 cm³/mol. The Labute approximate surface area is 259 Å². The van der Waals surface area contributed by atoms with E-state index in [2.05, 4.69) is 28.1 Å². The van der Waals surface area contributed by atoms with Crippen molar-refractivity contribution in [2.45, 2.75) is 57.9 Å². The maximum absolute atomic E-state index is 13.4. The van der Waals surface area contributed by atoms with Crippen LogP contribution in [-0.2, 0) is 22.4 Å². The topological polar surface area (TPSA) is 115 Å². The number of amides is 2. The molecule has 44 heavy (non-hydrogen) atoms. The first-order valence-electron chi connectivity index (χ1n) is 15.2. The third kappa shape index (κ3) is 8.09. The normalized spacial score (nSPS) is 13.5. The van der Waals surface area contributed by atoms with Gasteiger partial charge in [-0.05, 0) is 72.6 Å². The zero-order valence-corrected chi connectivity index (χ0v) is 26.1. The Morgan fingerprint density at radius 2 is 1.66 bits per heavy atom. The van der Waals surface area contributed by atoms with E-state index < -0.39 is 0 Å². The van der Waals surface area contributed by atoms with Gasteiger partial charge in [0.2, 0.25) is 23.0 Å². The number of unbranched alkanes of at least 4 members (excludes halogenated alkanes) is 2. The number of anilines is 1. The summed E-state index contributed by atoms with van der Waals surface area (Å²) in [7, 11) is 4.72. The van der Waals surface area contributed by atoms with Gasteiger partial charge >= 0.3 is 0 Å². The van der Waals surface area contributed by atoms with Crippen LogP contribution < -0.4 is 35.6 Å². The molecule has 2 amide bonds. The van der Waals surface area contributed by atoms with Crippen LogP contribution in [0.25, 0.3) is 11.1 Å². The Morgan fingerprint density at radius 3 is 2.36 bits per heavy atom. The van der Waals surface area contributed by atoms with Crippen LogP contribution in [0.4, 0.5) is 5.69 Å². The van der Waals surface area contributed by atoms with E-state index in [4.69, 9.17) is 14.2 Å². The second-order valence-electron chi connectivity index (χ2n) is 10.9. The van der Waals surface area contributed by atoms with Gasteiger partial charge < -0.3 is 30.2 Å². The number of hydrogen-bond acceptors (Lipinski definition) is 7. The van der Waals surface area contributed by atoms with E-state index >= 15 is 0 Å². The van der Waals surface area contributed by atoms with Gasteiger partial charge in [0, 0.05) is 32.0 Å². The van der Waals surface area contributed by atoms with Crippen LogP contribution in [0.5, 0.6) is 17.2 Å². The maximum atomic E-state index is 13.4. The van der Waals surface area contributed by atoms with E-state index in [1.807, 2.05) is 30.3 Å². The Balaban J connectivity index is 1.44. The molecule has 0 saturated heterocycles. The molecule has 1 atom stereocenters. The van der Waals surface area contributed by atoms with E-state index in [1.165, 1.54) is 12.5 Å². The minimum Gasteiger partial charge on any atom is -0.493 e. The Bertz CT molecular complexity index is 1510. The van der Waals surface area contributed by atoms with Crippen LogP contribution in [0.1, 0.15) is 61.8 Å². The molecule has 0 radical (unpaired) electrons. The highest BCUT2D eigenvalue weighted by Gasteiger charge is 2.29. The van der Waals surface area contributed by atoms with Gasteiger partial charge in [-0.2, -0.15) is 0 Å². The molecular formula is C35H43N3O6. The first kappa shape index (κ1) is 32.4. The van der Waals surface area contributed by atoms with Crippen LogP contribution in [0.2, 0.25) is 0 Å². The Morgan fingerprint density at radius 1 is 0.886 bits per heavy atom. The molecule has 4 rings (SSSR count). The fraction of sp³-hybridized carbons (Fsp3) is 0.400. The summed E-state index contributed by atoms with van der Waals surface area (Å²) < 4.78 is 17.1. The molecule has 9 nitrogen and oxygen atoms in total. The highest BCUT2D eigenvalue weighted by Crippen LogP contribution is 2.50. The molecule has 3 N–H and O–H groups in total. The molecule has 234 valence electrons. The Kier molecular flexibility index (Phi) is 11.6. The molecule has 1 aliphatic rings. The van der Waals surface area contributed by atoms with Gasteiger partial charge in [0.25, 0.3) is 0 Å². The molecule has 0 bridgehead atoms. The quantitative estimate of drug-likeness (QED) is 0.218. The van der Waals surface area contributed by atoms with E-state index in [1.54, 1.807) is 33.5 Å². The molecular weight excluding hydrogens is 558 g/mol. The van der Waals surface area contributed by atoms with Crippen molar-refractivity contribution in [3.63, 3.8) is 0 Å². The number of benzene rings is 2. The lowest BCUT2D eigenvalue weighted by Gasteiger charge is -2.19. The number of nitrogens with one attached hydrogen (secondary N) is 3. The molecule has 3 aromatic rings. The molecule has 1 aliphatic carbocycles. The van der Waals surface area contributed by atoms with Crippen LogP contribution in [0.15, 0.2) is 59.4 Å². The standard InChI is InChI=1S/C35H43N3O6/c1-23(39)38-28-16-14-25-21-31(42-2)34(43-3)35(44-4)33(25)26-15-17-29(30(40)22-27(26)28)36-19-10-6-9-13-32(41)37-20-18-24-11-7-5-8-12-24/h5,7-8,11-12,15,17,21-22,28H,6,9-10,13-14,16,18-20H2,1-4H3,(H,36,40)(H,37,41)(H,38,39). The smallest absolute Gasteiger partial charge is 0.220 e. The number of methoxy groups -OCH3 is 3. The summed E-state index contributed by atoms with van der Waals surface area (Å²) in [5, 5.41) is 9.30.